The molecule has 0 radical (unpaired) electrons. The highest BCUT2D eigenvalue weighted by atomic mass is 19.1. The second kappa shape index (κ2) is 5.32. The van der Waals surface area contributed by atoms with Crippen molar-refractivity contribution in [2.75, 3.05) is 13.7 Å². The van der Waals surface area contributed by atoms with Crippen molar-refractivity contribution in [2.24, 2.45) is 5.92 Å². The Morgan fingerprint density at radius 2 is 2.00 bits per heavy atom. The topological polar surface area (TPSA) is 45.0 Å². The average Bonchev–Trinajstić information content (AvgIpc) is 2.27. The summed E-state index contributed by atoms with van der Waals surface area (Å²) in [5.41, 5.74) is -0.568. The van der Waals surface area contributed by atoms with E-state index in [1.54, 1.807) is 0 Å². The Kier molecular flexibility index (Phi) is 3.78. The lowest BCUT2D eigenvalue weighted by Crippen LogP contribution is -2.41. The summed E-state index contributed by atoms with van der Waals surface area (Å²) in [6.45, 7) is 0.447. The predicted molar refractivity (Wildman–Crippen MR) is 62.1 cm³/mol. The number of benzene rings is 1. The van der Waals surface area contributed by atoms with Crippen molar-refractivity contribution in [3.63, 3.8) is 0 Å². The number of ether oxygens (including phenoxy) is 1. The summed E-state index contributed by atoms with van der Waals surface area (Å²) in [6.07, 6.45) is 2.02. The van der Waals surface area contributed by atoms with Crippen molar-refractivity contribution in [3.05, 3.63) is 29.3 Å². The van der Waals surface area contributed by atoms with Crippen molar-refractivity contribution in [3.8, 4) is 11.8 Å². The summed E-state index contributed by atoms with van der Waals surface area (Å²) < 4.78 is 31.9. The van der Waals surface area contributed by atoms with Crippen LogP contribution in [0.25, 0.3) is 0 Å². The van der Waals surface area contributed by atoms with Crippen molar-refractivity contribution in [2.45, 2.75) is 18.9 Å². The van der Waals surface area contributed by atoms with Crippen LogP contribution in [0.2, 0.25) is 0 Å². The van der Waals surface area contributed by atoms with Gasteiger partial charge in [-0.2, -0.15) is 5.26 Å². The Bertz CT molecular complexity index is 455. The molecule has 1 aliphatic carbocycles. The summed E-state index contributed by atoms with van der Waals surface area (Å²) in [5, 5.41) is 11.7. The zero-order valence-corrected chi connectivity index (χ0v) is 10.0. The van der Waals surface area contributed by atoms with Gasteiger partial charge in [0.25, 0.3) is 0 Å². The van der Waals surface area contributed by atoms with Gasteiger partial charge in [-0.1, -0.05) is 0 Å². The first-order valence-corrected chi connectivity index (χ1v) is 5.83. The van der Waals surface area contributed by atoms with Crippen LogP contribution in [0.1, 0.15) is 18.4 Å². The van der Waals surface area contributed by atoms with Crippen LogP contribution in [0.5, 0.6) is 5.75 Å². The minimum atomic E-state index is -0.880. The SMILES string of the molecule is CNC1CC(COc2cc(F)c(C#N)c(F)c2)C1. The molecular weight excluding hydrogens is 238 g/mol. The molecule has 0 heterocycles. The molecule has 18 heavy (non-hydrogen) atoms. The van der Waals surface area contributed by atoms with Crippen molar-refractivity contribution in [1.82, 2.24) is 5.32 Å². The van der Waals surface area contributed by atoms with Gasteiger partial charge >= 0.3 is 0 Å². The molecule has 0 bridgehead atoms. The molecule has 0 aromatic heterocycles. The van der Waals surface area contributed by atoms with Gasteiger partial charge < -0.3 is 10.1 Å². The molecule has 1 aromatic carbocycles. The minimum absolute atomic E-state index is 0.136. The maximum atomic E-state index is 13.3. The van der Waals surface area contributed by atoms with Crippen molar-refractivity contribution in [1.29, 1.82) is 5.26 Å². The Morgan fingerprint density at radius 1 is 1.39 bits per heavy atom. The molecule has 96 valence electrons. The lowest BCUT2D eigenvalue weighted by Gasteiger charge is -2.34. The Hall–Kier alpha value is -1.67. The van der Waals surface area contributed by atoms with Gasteiger partial charge in [0.1, 0.15) is 29.0 Å². The number of halogens is 2. The maximum absolute atomic E-state index is 13.3. The summed E-state index contributed by atoms with van der Waals surface area (Å²) in [5.74, 6) is -1.20. The molecule has 0 unspecified atom stereocenters. The average molecular weight is 252 g/mol. The van der Waals surface area contributed by atoms with Crippen LogP contribution in [0.15, 0.2) is 12.1 Å². The number of nitriles is 1. The molecule has 1 aromatic rings. The molecule has 0 atom stereocenters. The quantitative estimate of drug-likeness (QED) is 0.893. The van der Waals surface area contributed by atoms with Gasteiger partial charge in [0, 0.05) is 18.2 Å². The molecule has 0 spiro atoms. The lowest BCUT2D eigenvalue weighted by molar-refractivity contribution is 0.145. The van der Waals surface area contributed by atoms with Crippen molar-refractivity contribution >= 4 is 0 Å². The van der Waals surface area contributed by atoms with E-state index in [0.717, 1.165) is 25.0 Å². The van der Waals surface area contributed by atoms with Gasteiger partial charge in [-0.3, -0.25) is 0 Å². The first-order chi connectivity index (χ1) is 8.63. The molecule has 5 heteroatoms. The Balaban J connectivity index is 1.93. The van der Waals surface area contributed by atoms with Crippen LogP contribution in [0, 0.1) is 28.9 Å². The molecule has 0 saturated heterocycles. The fraction of sp³-hybridized carbons (Fsp3) is 0.462. The lowest BCUT2D eigenvalue weighted by atomic mass is 9.81. The third-order valence-corrected chi connectivity index (χ3v) is 3.26. The third-order valence-electron chi connectivity index (χ3n) is 3.26. The van der Waals surface area contributed by atoms with Gasteiger partial charge in [0.2, 0.25) is 0 Å². The molecular formula is C13H14F2N2O. The molecule has 1 saturated carbocycles. The first kappa shape index (κ1) is 12.8. The van der Waals surface area contributed by atoms with Gasteiger partial charge in [-0.15, -0.1) is 0 Å². The van der Waals surface area contributed by atoms with E-state index in [4.69, 9.17) is 10.00 Å². The van der Waals surface area contributed by atoms with Gasteiger partial charge in [0.05, 0.1) is 6.61 Å². The van der Waals surface area contributed by atoms with Gasteiger partial charge in [0.15, 0.2) is 0 Å². The number of nitrogens with zero attached hydrogens (tertiary/aromatic N) is 1. The van der Waals surface area contributed by atoms with Crippen LogP contribution in [0.4, 0.5) is 8.78 Å². The van der Waals surface area contributed by atoms with Crippen LogP contribution in [-0.4, -0.2) is 19.7 Å². The van der Waals surface area contributed by atoms with E-state index in [0.29, 0.717) is 18.6 Å². The van der Waals surface area contributed by atoms with E-state index in [1.165, 1.54) is 6.07 Å². The smallest absolute Gasteiger partial charge is 0.147 e. The molecule has 0 aliphatic heterocycles. The van der Waals surface area contributed by atoms with E-state index in [-0.39, 0.29) is 5.75 Å². The molecule has 2 rings (SSSR count). The molecule has 0 amide bonds. The van der Waals surface area contributed by atoms with E-state index in [1.807, 2.05) is 7.05 Å². The zero-order valence-electron chi connectivity index (χ0n) is 10.0. The van der Waals surface area contributed by atoms with Crippen LogP contribution < -0.4 is 10.1 Å². The maximum Gasteiger partial charge on any atom is 0.147 e. The van der Waals surface area contributed by atoms with Crippen LogP contribution in [-0.2, 0) is 0 Å². The number of hydrogen-bond donors (Lipinski definition) is 1. The third kappa shape index (κ3) is 2.59. The fourth-order valence-electron chi connectivity index (χ4n) is 2.06. The van der Waals surface area contributed by atoms with Gasteiger partial charge in [-0.05, 0) is 25.8 Å². The Labute approximate surface area is 104 Å². The summed E-state index contributed by atoms with van der Waals surface area (Å²) in [7, 11) is 1.91. The number of nitrogens with one attached hydrogen (secondary N) is 1. The molecule has 1 aliphatic rings. The highest BCUT2D eigenvalue weighted by Crippen LogP contribution is 2.28. The Morgan fingerprint density at radius 3 is 2.50 bits per heavy atom. The zero-order chi connectivity index (χ0) is 13.1. The second-order valence-corrected chi connectivity index (χ2v) is 4.51. The van der Waals surface area contributed by atoms with Gasteiger partial charge in [-0.25, -0.2) is 8.78 Å². The van der Waals surface area contributed by atoms with Crippen LogP contribution >= 0.6 is 0 Å². The predicted octanol–water partition coefficient (Wildman–Crippen LogP) is 2.21. The van der Waals surface area contributed by atoms with Crippen LogP contribution in [0.3, 0.4) is 0 Å². The summed E-state index contributed by atoms with van der Waals surface area (Å²) >= 11 is 0. The highest BCUT2D eigenvalue weighted by molar-refractivity contribution is 5.37. The molecule has 1 N–H and O–H groups in total. The summed E-state index contributed by atoms with van der Waals surface area (Å²) in [4.78, 5) is 0. The number of rotatable bonds is 4. The van der Waals surface area contributed by atoms with E-state index < -0.39 is 17.2 Å². The second-order valence-electron chi connectivity index (χ2n) is 4.51. The largest absolute Gasteiger partial charge is 0.493 e. The summed E-state index contributed by atoms with van der Waals surface area (Å²) in [6, 6.07) is 4.10. The van der Waals surface area contributed by atoms with E-state index in [9.17, 15) is 8.78 Å². The monoisotopic (exact) mass is 252 g/mol. The standard InChI is InChI=1S/C13H14F2N2O/c1-17-9-2-8(3-9)7-18-10-4-12(14)11(6-16)13(15)5-10/h4-5,8-9,17H,2-3,7H2,1H3. The fourth-order valence-corrected chi connectivity index (χ4v) is 2.06. The van der Waals surface area contributed by atoms with E-state index in [2.05, 4.69) is 5.32 Å². The molecule has 1 fully saturated rings. The highest BCUT2D eigenvalue weighted by Gasteiger charge is 2.28. The number of hydrogen-bond acceptors (Lipinski definition) is 3. The first-order valence-electron chi connectivity index (χ1n) is 5.83. The normalized spacial score (nSPS) is 22.1. The van der Waals surface area contributed by atoms with E-state index >= 15 is 0 Å². The minimum Gasteiger partial charge on any atom is -0.493 e. The molecule has 3 nitrogen and oxygen atoms in total. The van der Waals surface area contributed by atoms with Crippen molar-refractivity contribution < 1.29 is 13.5 Å².